The van der Waals surface area contributed by atoms with Gasteiger partial charge in [-0.3, -0.25) is 0 Å². The minimum Gasteiger partial charge on any atom is -0.359 e. The van der Waals surface area contributed by atoms with Crippen LogP contribution in [0.4, 0.5) is 17.6 Å². The summed E-state index contributed by atoms with van der Waals surface area (Å²) in [5.74, 6) is 3.95. The van der Waals surface area contributed by atoms with Gasteiger partial charge >= 0.3 is 0 Å². The maximum absolute atomic E-state index is 5.36. The van der Waals surface area contributed by atoms with E-state index in [4.69, 9.17) is 22.2 Å². The van der Waals surface area contributed by atoms with Crippen LogP contribution in [-0.2, 0) is 0 Å². The largest absolute Gasteiger partial charge is 0.359 e. The monoisotopic (exact) mass is 388 g/mol. The third-order valence-corrected chi connectivity index (χ3v) is 5.54. The van der Waals surface area contributed by atoms with Gasteiger partial charge in [0.15, 0.2) is 5.11 Å². The van der Waals surface area contributed by atoms with Gasteiger partial charge in [0.1, 0.15) is 11.6 Å². The van der Waals surface area contributed by atoms with E-state index in [-0.39, 0.29) is 0 Å². The summed E-state index contributed by atoms with van der Waals surface area (Å²) in [4.78, 5) is 14.3. The van der Waals surface area contributed by atoms with Gasteiger partial charge in [-0.05, 0) is 49.7 Å². The van der Waals surface area contributed by atoms with Crippen molar-refractivity contribution in [1.29, 1.82) is 0 Å². The van der Waals surface area contributed by atoms with Crippen molar-refractivity contribution in [3.05, 3.63) is 18.7 Å². The van der Waals surface area contributed by atoms with Crippen molar-refractivity contribution in [2.75, 3.05) is 47.8 Å². The SMILES string of the molecule is C=CCNC(=S)Nc1nc(N2CCC[C@@H](C)C2)cc(N2CCC[C@H](C)C2)n1. The standard InChI is InChI=1S/C20H32N6S/c1-4-9-21-20(27)24-19-22-17(25-10-5-7-15(2)13-25)12-18(23-19)26-11-6-8-16(3)14-26/h4,12,15-16H,1,5-11,13-14H2,2-3H3,(H2,21,22,23,24,27)/t15-,16+. The number of anilines is 3. The molecule has 1 aromatic rings. The number of aromatic nitrogens is 2. The Bertz CT molecular complexity index is 624. The van der Waals surface area contributed by atoms with Crippen LogP contribution in [0.5, 0.6) is 0 Å². The number of rotatable bonds is 5. The maximum Gasteiger partial charge on any atom is 0.232 e. The van der Waals surface area contributed by atoms with Crippen LogP contribution in [0, 0.1) is 11.8 Å². The van der Waals surface area contributed by atoms with Crippen LogP contribution in [0.3, 0.4) is 0 Å². The van der Waals surface area contributed by atoms with Crippen LogP contribution in [-0.4, -0.2) is 47.8 Å². The Morgan fingerprint density at radius 2 is 1.70 bits per heavy atom. The van der Waals surface area contributed by atoms with Gasteiger partial charge in [0.2, 0.25) is 5.95 Å². The van der Waals surface area contributed by atoms with E-state index in [1.54, 1.807) is 6.08 Å². The average molecular weight is 389 g/mol. The molecule has 0 unspecified atom stereocenters. The van der Waals surface area contributed by atoms with Gasteiger partial charge in [-0.15, -0.1) is 6.58 Å². The summed E-state index contributed by atoms with van der Waals surface area (Å²) in [6, 6.07) is 2.15. The van der Waals surface area contributed by atoms with Crippen molar-refractivity contribution < 1.29 is 0 Å². The molecule has 0 aliphatic carbocycles. The van der Waals surface area contributed by atoms with Crippen LogP contribution in [0.2, 0.25) is 0 Å². The van der Waals surface area contributed by atoms with Crippen molar-refractivity contribution >= 4 is 34.9 Å². The van der Waals surface area contributed by atoms with E-state index >= 15 is 0 Å². The van der Waals surface area contributed by atoms with Crippen molar-refractivity contribution in [3.8, 4) is 0 Å². The van der Waals surface area contributed by atoms with Crippen LogP contribution in [0.1, 0.15) is 39.5 Å². The molecule has 2 atom stereocenters. The molecule has 27 heavy (non-hydrogen) atoms. The molecule has 2 aliphatic heterocycles. The molecule has 1 aromatic heterocycles. The van der Waals surface area contributed by atoms with Crippen molar-refractivity contribution in [2.45, 2.75) is 39.5 Å². The van der Waals surface area contributed by atoms with Gasteiger partial charge < -0.3 is 20.4 Å². The van der Waals surface area contributed by atoms with E-state index in [2.05, 4.69) is 46.9 Å². The zero-order valence-electron chi connectivity index (χ0n) is 16.6. The smallest absolute Gasteiger partial charge is 0.232 e. The number of piperidine rings is 2. The van der Waals surface area contributed by atoms with Gasteiger partial charge in [-0.1, -0.05) is 19.9 Å². The molecule has 0 aromatic carbocycles. The highest BCUT2D eigenvalue weighted by Crippen LogP contribution is 2.28. The number of hydrogen-bond acceptors (Lipinski definition) is 5. The van der Waals surface area contributed by atoms with E-state index in [0.717, 1.165) is 37.8 Å². The lowest BCUT2D eigenvalue weighted by Crippen LogP contribution is -2.37. The second-order valence-corrected chi connectivity index (χ2v) is 8.33. The van der Waals surface area contributed by atoms with E-state index in [0.29, 0.717) is 29.4 Å². The Kier molecular flexibility index (Phi) is 6.88. The highest BCUT2D eigenvalue weighted by atomic mass is 32.1. The van der Waals surface area contributed by atoms with Gasteiger partial charge in [0.25, 0.3) is 0 Å². The zero-order valence-corrected chi connectivity index (χ0v) is 17.4. The molecule has 0 saturated carbocycles. The summed E-state index contributed by atoms with van der Waals surface area (Å²) in [7, 11) is 0. The number of hydrogen-bond donors (Lipinski definition) is 2. The highest BCUT2D eigenvalue weighted by molar-refractivity contribution is 7.80. The second kappa shape index (κ2) is 9.35. The number of thiocarbonyl (C=S) groups is 1. The predicted octanol–water partition coefficient (Wildman–Crippen LogP) is 3.42. The highest BCUT2D eigenvalue weighted by Gasteiger charge is 2.23. The molecule has 2 aliphatic rings. The summed E-state index contributed by atoms with van der Waals surface area (Å²) in [6.45, 7) is 13.2. The molecular formula is C20H32N6S. The fourth-order valence-corrected chi connectivity index (χ4v) is 4.08. The summed E-state index contributed by atoms with van der Waals surface area (Å²) in [6.07, 6.45) is 6.78. The molecule has 2 saturated heterocycles. The van der Waals surface area contributed by atoms with Crippen molar-refractivity contribution in [2.24, 2.45) is 11.8 Å². The average Bonchev–Trinajstić information content (AvgIpc) is 2.66. The third kappa shape index (κ3) is 5.54. The van der Waals surface area contributed by atoms with E-state index in [1.165, 1.54) is 25.7 Å². The van der Waals surface area contributed by atoms with Gasteiger partial charge in [-0.2, -0.15) is 9.97 Å². The Morgan fingerprint density at radius 1 is 1.15 bits per heavy atom. The molecule has 0 amide bonds. The van der Waals surface area contributed by atoms with Crippen LogP contribution >= 0.6 is 12.2 Å². The summed E-state index contributed by atoms with van der Waals surface area (Å²) in [5.41, 5.74) is 0. The molecule has 7 heteroatoms. The summed E-state index contributed by atoms with van der Waals surface area (Å²) in [5, 5.41) is 6.77. The Balaban J connectivity index is 1.84. The molecule has 6 nitrogen and oxygen atoms in total. The molecule has 0 radical (unpaired) electrons. The quantitative estimate of drug-likeness (QED) is 0.592. The molecule has 0 bridgehead atoms. The number of nitrogens with one attached hydrogen (secondary N) is 2. The van der Waals surface area contributed by atoms with E-state index < -0.39 is 0 Å². The van der Waals surface area contributed by atoms with E-state index in [9.17, 15) is 0 Å². The lowest BCUT2D eigenvalue weighted by atomic mass is 10.00. The minimum absolute atomic E-state index is 0.525. The van der Waals surface area contributed by atoms with Gasteiger partial charge in [0.05, 0.1) is 0 Å². The van der Waals surface area contributed by atoms with Gasteiger partial charge in [-0.25, -0.2) is 0 Å². The maximum atomic E-state index is 5.36. The van der Waals surface area contributed by atoms with Crippen molar-refractivity contribution in [1.82, 2.24) is 15.3 Å². The fraction of sp³-hybridized carbons (Fsp3) is 0.650. The van der Waals surface area contributed by atoms with Crippen molar-refractivity contribution in [3.63, 3.8) is 0 Å². The van der Waals surface area contributed by atoms with Crippen LogP contribution in [0.25, 0.3) is 0 Å². The summed E-state index contributed by atoms with van der Waals surface area (Å²) < 4.78 is 0. The third-order valence-electron chi connectivity index (χ3n) is 5.29. The van der Waals surface area contributed by atoms with Crippen LogP contribution in [0.15, 0.2) is 18.7 Å². The second-order valence-electron chi connectivity index (χ2n) is 7.92. The predicted molar refractivity (Wildman–Crippen MR) is 118 cm³/mol. The summed E-state index contributed by atoms with van der Waals surface area (Å²) >= 11 is 5.36. The molecule has 2 fully saturated rings. The Morgan fingerprint density at radius 3 is 2.19 bits per heavy atom. The fourth-order valence-electron chi connectivity index (χ4n) is 3.91. The topological polar surface area (TPSA) is 56.3 Å². The Labute approximate surface area is 168 Å². The lowest BCUT2D eigenvalue weighted by Gasteiger charge is -2.35. The molecule has 0 spiro atoms. The molecule has 3 heterocycles. The molecule has 148 valence electrons. The minimum atomic E-state index is 0.525. The first-order valence-corrected chi connectivity index (χ1v) is 10.5. The normalized spacial score (nSPS) is 23.0. The molecule has 3 rings (SSSR count). The zero-order chi connectivity index (χ0) is 19.2. The first-order chi connectivity index (χ1) is 13.0. The molecular weight excluding hydrogens is 356 g/mol. The Hall–Kier alpha value is -1.89. The first kappa shape index (κ1) is 19.9. The first-order valence-electron chi connectivity index (χ1n) is 10.1. The van der Waals surface area contributed by atoms with Gasteiger partial charge in [0, 0.05) is 38.8 Å². The van der Waals surface area contributed by atoms with Crippen LogP contribution < -0.4 is 20.4 Å². The molecule has 2 N–H and O–H groups in total. The lowest BCUT2D eigenvalue weighted by molar-refractivity contribution is 0.441. The van der Waals surface area contributed by atoms with E-state index in [1.807, 2.05) is 0 Å². The number of nitrogens with zero attached hydrogens (tertiary/aromatic N) is 4.